The summed E-state index contributed by atoms with van der Waals surface area (Å²) in [6, 6.07) is 1.29. The summed E-state index contributed by atoms with van der Waals surface area (Å²) in [6.45, 7) is 0. The van der Waals surface area contributed by atoms with Crippen LogP contribution >= 0.6 is 0 Å². The van der Waals surface area contributed by atoms with Crippen molar-refractivity contribution in [2.75, 3.05) is 0 Å². The molecule has 0 amide bonds. The molecule has 5 heteroatoms. The van der Waals surface area contributed by atoms with Crippen molar-refractivity contribution in [2.24, 2.45) is 0 Å². The number of aromatic nitrogens is 2. The molecule has 1 aromatic rings. The molecule has 3 nitrogen and oxygen atoms in total. The van der Waals surface area contributed by atoms with E-state index in [0.29, 0.717) is 5.69 Å². The second-order valence-corrected chi connectivity index (χ2v) is 1.63. The van der Waals surface area contributed by atoms with Crippen LogP contribution in [0.2, 0.25) is 0 Å². The Morgan fingerprint density at radius 3 is 2.44 bits per heavy atom. The van der Waals surface area contributed by atoms with Crippen LogP contribution in [-0.2, 0) is 0 Å². The van der Waals surface area contributed by atoms with Gasteiger partial charge in [0.1, 0.15) is 0 Å². The third-order valence-electron chi connectivity index (χ3n) is 0.907. The molecule has 0 fully saturated rings. The molecule has 0 saturated heterocycles. The van der Waals surface area contributed by atoms with Crippen molar-refractivity contribution >= 4 is 20.7 Å². The second kappa shape index (κ2) is 2.09. The summed E-state index contributed by atoms with van der Waals surface area (Å²) in [5, 5.41) is 4.87. The van der Waals surface area contributed by atoms with Gasteiger partial charge in [-0.3, -0.25) is 0 Å². The fourth-order valence-electron chi connectivity index (χ4n) is 0.488. The summed E-state index contributed by atoms with van der Waals surface area (Å²) >= 11 is 0. The van der Waals surface area contributed by atoms with Crippen molar-refractivity contribution in [1.29, 1.82) is 0 Å². The summed E-state index contributed by atoms with van der Waals surface area (Å²) in [5.41, 5.74) is 0.193. The monoisotopic (exact) mass is 117 g/mol. The summed E-state index contributed by atoms with van der Waals surface area (Å²) in [4.78, 5) is 10.4. The van der Waals surface area contributed by atoms with Crippen molar-refractivity contribution in [1.82, 2.24) is 10.2 Å². The van der Waals surface area contributed by atoms with E-state index in [-0.39, 0.29) is 10.9 Å². The van der Waals surface area contributed by atoms with Gasteiger partial charge in [-0.1, -0.05) is 0 Å². The Hall–Kier alpha value is -0.990. The van der Waals surface area contributed by atoms with E-state index in [1.807, 2.05) is 0 Å². The van der Waals surface area contributed by atoms with Gasteiger partial charge in [-0.15, -0.1) is 0 Å². The molecule has 1 rings (SSSR count). The molecular weight excluding hydrogens is 114 g/mol. The topological polar surface area (TPSA) is 48.6 Å². The van der Waals surface area contributed by atoms with Crippen LogP contribution in [0.5, 0.6) is 0 Å². The first-order valence-corrected chi connectivity index (χ1v) is 2.36. The summed E-state index contributed by atoms with van der Waals surface area (Å²) < 4.78 is 0. The van der Waals surface area contributed by atoms with Crippen LogP contribution < -0.4 is 5.56 Å². The van der Waals surface area contributed by atoms with Crippen molar-refractivity contribution in [3.8, 4) is 0 Å². The summed E-state index contributed by atoms with van der Waals surface area (Å²) in [7, 11) is 10.3. The van der Waals surface area contributed by atoms with Crippen LogP contribution in [0, 0.1) is 0 Å². The number of H-pyrrole nitrogens is 2. The molecule has 0 bridgehead atoms. The molecule has 0 aliphatic carbocycles. The van der Waals surface area contributed by atoms with E-state index in [9.17, 15) is 4.79 Å². The third-order valence-corrected chi connectivity index (χ3v) is 0.907. The molecule has 2 N–H and O–H groups in total. The first-order chi connectivity index (χ1) is 4.20. The zero-order valence-electron chi connectivity index (χ0n) is 4.64. The van der Waals surface area contributed by atoms with Gasteiger partial charge in [0.2, 0.25) is 0 Å². The molecule has 0 aromatic carbocycles. The predicted molar refractivity (Wildman–Crippen MR) is 37.0 cm³/mol. The number of hydrogen-bond donors (Lipinski definition) is 2. The van der Waals surface area contributed by atoms with Crippen molar-refractivity contribution < 1.29 is 0 Å². The zero-order valence-corrected chi connectivity index (χ0v) is 4.64. The van der Waals surface area contributed by atoms with E-state index in [0.717, 1.165) is 0 Å². The molecule has 0 aliphatic rings. The van der Waals surface area contributed by atoms with E-state index in [4.69, 9.17) is 15.3 Å². The molecular formula is C4H3B2N2O. The van der Waals surface area contributed by atoms with Crippen LogP contribution in [0.1, 0.15) is 5.69 Å². The summed E-state index contributed by atoms with van der Waals surface area (Å²) in [6.07, 6.45) is 0. The SMILES string of the molecule is [B]C(=[B])c1cc(=O)[nH][nH]1. The Bertz CT molecular complexity index is 274. The first-order valence-electron chi connectivity index (χ1n) is 2.36. The van der Waals surface area contributed by atoms with Crippen LogP contribution in [0.3, 0.4) is 0 Å². The standard InChI is InChI=1S/C4H3B2N2O/c5-4(6)2-1-3(9)8-7-2/h1H,(H2,7,8,9). The van der Waals surface area contributed by atoms with E-state index in [1.165, 1.54) is 6.07 Å². The Balaban J connectivity index is 3.12. The first kappa shape index (κ1) is 6.13. The van der Waals surface area contributed by atoms with Crippen LogP contribution in [0.25, 0.3) is 0 Å². The van der Waals surface area contributed by atoms with E-state index in [1.54, 1.807) is 0 Å². The average Bonchev–Trinajstić information content (AvgIpc) is 2.14. The molecule has 1 aromatic heterocycles. The van der Waals surface area contributed by atoms with Gasteiger partial charge in [0.15, 0.2) is 0 Å². The van der Waals surface area contributed by atoms with Gasteiger partial charge < -0.3 is 0 Å². The molecule has 0 aliphatic heterocycles. The molecule has 9 heavy (non-hydrogen) atoms. The van der Waals surface area contributed by atoms with E-state index < -0.39 is 0 Å². The van der Waals surface area contributed by atoms with Gasteiger partial charge in [-0.25, -0.2) is 0 Å². The predicted octanol–water partition coefficient (Wildman–Crippen LogP) is -1.48. The molecule has 0 spiro atoms. The van der Waals surface area contributed by atoms with Crippen molar-refractivity contribution in [2.45, 2.75) is 0 Å². The van der Waals surface area contributed by atoms with E-state index in [2.05, 4.69) is 10.2 Å². The molecule has 0 saturated carbocycles. The molecule has 3 radical (unpaired) electrons. The van der Waals surface area contributed by atoms with Gasteiger partial charge >= 0.3 is 53.0 Å². The van der Waals surface area contributed by atoms with Gasteiger partial charge in [-0.05, 0) is 0 Å². The Labute approximate surface area is 53.9 Å². The number of nitrogens with one attached hydrogen (secondary N) is 2. The van der Waals surface area contributed by atoms with E-state index >= 15 is 0 Å². The molecule has 0 unspecified atom stereocenters. The average molecular weight is 117 g/mol. The Kier molecular flexibility index (Phi) is 1.42. The minimum absolute atomic E-state index is 0.105. The maximum absolute atomic E-state index is 10.4. The second-order valence-electron chi connectivity index (χ2n) is 1.63. The van der Waals surface area contributed by atoms with Crippen LogP contribution in [0.4, 0.5) is 0 Å². The Morgan fingerprint density at radius 1 is 1.56 bits per heavy atom. The van der Waals surface area contributed by atoms with Crippen LogP contribution in [-0.4, -0.2) is 30.9 Å². The normalized spacial score (nSPS) is 9.22. The summed E-state index contributed by atoms with van der Waals surface area (Å²) in [5.74, 6) is 0. The quantitative estimate of drug-likeness (QED) is 0.432. The number of hydrogen-bond acceptors (Lipinski definition) is 1. The van der Waals surface area contributed by atoms with Crippen LogP contribution in [0.15, 0.2) is 10.9 Å². The Morgan fingerprint density at radius 2 is 2.22 bits per heavy atom. The van der Waals surface area contributed by atoms with Gasteiger partial charge in [0, 0.05) is 0 Å². The number of aromatic amines is 2. The molecule has 0 atom stereocenters. The van der Waals surface area contributed by atoms with Gasteiger partial charge in [-0.2, -0.15) is 0 Å². The van der Waals surface area contributed by atoms with Crippen molar-refractivity contribution in [3.63, 3.8) is 0 Å². The molecule has 1 heterocycles. The molecule has 41 valence electrons. The number of rotatable bonds is 1. The zero-order chi connectivity index (χ0) is 6.85. The van der Waals surface area contributed by atoms with Crippen molar-refractivity contribution in [3.05, 3.63) is 22.1 Å². The fourth-order valence-corrected chi connectivity index (χ4v) is 0.488. The minimum atomic E-state index is -0.238. The third kappa shape index (κ3) is 1.22. The van der Waals surface area contributed by atoms with Gasteiger partial charge in [0.05, 0.1) is 0 Å². The fraction of sp³-hybridized carbons (Fsp3) is 0. The van der Waals surface area contributed by atoms with Gasteiger partial charge in [0.25, 0.3) is 0 Å². The maximum atomic E-state index is 10.4.